The van der Waals surface area contributed by atoms with Crippen LogP contribution in [0, 0.1) is 12.8 Å². The van der Waals surface area contributed by atoms with Gasteiger partial charge in [-0.3, -0.25) is 0 Å². The van der Waals surface area contributed by atoms with Gasteiger partial charge in [-0.2, -0.15) is 0 Å². The molecule has 1 aromatic heterocycles. The summed E-state index contributed by atoms with van der Waals surface area (Å²) >= 11 is 6.68. The highest BCUT2D eigenvalue weighted by molar-refractivity contribution is 7.91. The van der Waals surface area contributed by atoms with Crippen molar-refractivity contribution in [3.8, 4) is 0 Å². The number of aromatic nitrogens is 1. The third kappa shape index (κ3) is 4.68. The molecule has 0 atom stereocenters. The molecule has 0 aliphatic heterocycles. The molecular weight excluding hydrogens is 308 g/mol. The molecule has 1 heterocycles. The van der Waals surface area contributed by atoms with E-state index in [9.17, 15) is 8.42 Å². The lowest BCUT2D eigenvalue weighted by Gasteiger charge is -2.06. The van der Waals surface area contributed by atoms with Gasteiger partial charge >= 0.3 is 0 Å². The van der Waals surface area contributed by atoms with E-state index in [1.807, 2.05) is 0 Å². The second kappa shape index (κ2) is 6.49. The molecule has 1 fully saturated rings. The number of hydrogen-bond acceptors (Lipinski definition) is 5. The van der Waals surface area contributed by atoms with E-state index in [0.29, 0.717) is 25.3 Å². The maximum atomic E-state index is 12.0. The van der Waals surface area contributed by atoms with Crippen LogP contribution in [0.5, 0.6) is 0 Å². The summed E-state index contributed by atoms with van der Waals surface area (Å²) in [7, 11) is -3.50. The van der Waals surface area contributed by atoms with E-state index >= 15 is 0 Å². The van der Waals surface area contributed by atoms with Gasteiger partial charge in [-0.1, -0.05) is 22.9 Å². The van der Waals surface area contributed by atoms with Crippen molar-refractivity contribution in [3.05, 3.63) is 10.2 Å². The second-order valence-electron chi connectivity index (χ2n) is 4.61. The highest BCUT2D eigenvalue weighted by Gasteiger charge is 2.22. The lowest BCUT2D eigenvalue weighted by atomic mass is 10.4. The van der Waals surface area contributed by atoms with E-state index in [2.05, 4.69) is 9.71 Å². The molecule has 0 aromatic carbocycles. The topological polar surface area (TPSA) is 68.3 Å². The number of rotatable bonds is 8. The quantitative estimate of drug-likeness (QED) is 0.744. The molecule has 1 aliphatic carbocycles. The summed E-state index contributed by atoms with van der Waals surface area (Å²) in [6, 6.07) is 0. The summed E-state index contributed by atoms with van der Waals surface area (Å²) in [4.78, 5) is 3.90. The molecule has 1 aromatic rings. The van der Waals surface area contributed by atoms with Crippen molar-refractivity contribution >= 4 is 33.0 Å². The predicted octanol–water partition coefficient (Wildman–Crippen LogP) is 2.20. The maximum absolute atomic E-state index is 12.0. The standard InChI is InChI=1S/C11H17ClN2O3S2/c1-8-10(18-11(12)14-8)19(15,16)13-5-2-6-17-7-9-3-4-9/h9,13H,2-7H2,1H3. The molecule has 0 saturated heterocycles. The van der Waals surface area contributed by atoms with E-state index < -0.39 is 10.0 Å². The third-order valence-corrected chi connectivity index (χ3v) is 6.11. The molecular formula is C11H17ClN2O3S2. The number of nitrogens with zero attached hydrogens (tertiary/aromatic N) is 1. The van der Waals surface area contributed by atoms with Crippen LogP contribution < -0.4 is 4.72 Å². The SMILES string of the molecule is Cc1nc(Cl)sc1S(=O)(=O)NCCCOCC1CC1. The summed E-state index contributed by atoms with van der Waals surface area (Å²) in [5.74, 6) is 0.735. The molecule has 0 unspecified atom stereocenters. The van der Waals surface area contributed by atoms with E-state index in [0.717, 1.165) is 23.9 Å². The number of hydrogen-bond donors (Lipinski definition) is 1. The van der Waals surface area contributed by atoms with Gasteiger partial charge in [0, 0.05) is 19.8 Å². The number of thiazole rings is 1. The Hall–Kier alpha value is -0.210. The predicted molar refractivity (Wildman–Crippen MR) is 75.2 cm³/mol. The van der Waals surface area contributed by atoms with Gasteiger partial charge in [0.1, 0.15) is 0 Å². The number of sulfonamides is 1. The Morgan fingerprint density at radius 3 is 2.84 bits per heavy atom. The summed E-state index contributed by atoms with van der Waals surface area (Å²) in [6.07, 6.45) is 3.19. The van der Waals surface area contributed by atoms with Crippen molar-refractivity contribution in [2.45, 2.75) is 30.4 Å². The second-order valence-corrected chi connectivity index (χ2v) is 8.15. The van der Waals surface area contributed by atoms with Crippen molar-refractivity contribution in [2.75, 3.05) is 19.8 Å². The van der Waals surface area contributed by atoms with Gasteiger partial charge in [0.15, 0.2) is 8.68 Å². The first-order valence-corrected chi connectivity index (χ1v) is 8.87. The largest absolute Gasteiger partial charge is 0.381 e. The lowest BCUT2D eigenvalue weighted by molar-refractivity contribution is 0.123. The Kier molecular flexibility index (Phi) is 5.19. The summed E-state index contributed by atoms with van der Waals surface area (Å²) in [5.41, 5.74) is 0.437. The zero-order chi connectivity index (χ0) is 13.9. The number of aryl methyl sites for hydroxylation is 1. The molecule has 5 nitrogen and oxygen atoms in total. The molecule has 0 amide bonds. The smallest absolute Gasteiger partial charge is 0.251 e. The minimum absolute atomic E-state index is 0.191. The van der Waals surface area contributed by atoms with Crippen LogP contribution in [0.3, 0.4) is 0 Å². The molecule has 0 bridgehead atoms. The van der Waals surface area contributed by atoms with Gasteiger partial charge in [-0.05, 0) is 32.1 Å². The first-order chi connectivity index (χ1) is 8.99. The Labute approximate surface area is 122 Å². The number of nitrogens with one attached hydrogen (secondary N) is 1. The van der Waals surface area contributed by atoms with E-state index in [1.54, 1.807) is 6.92 Å². The van der Waals surface area contributed by atoms with Gasteiger partial charge in [-0.25, -0.2) is 18.1 Å². The van der Waals surface area contributed by atoms with Crippen LogP contribution in [0.25, 0.3) is 0 Å². The number of ether oxygens (including phenoxy) is 1. The fraction of sp³-hybridized carbons (Fsp3) is 0.727. The minimum Gasteiger partial charge on any atom is -0.381 e. The van der Waals surface area contributed by atoms with Crippen LogP contribution in [-0.2, 0) is 14.8 Å². The average molecular weight is 325 g/mol. The molecule has 0 radical (unpaired) electrons. The van der Waals surface area contributed by atoms with Crippen molar-refractivity contribution in [3.63, 3.8) is 0 Å². The van der Waals surface area contributed by atoms with Crippen molar-refractivity contribution in [1.82, 2.24) is 9.71 Å². The Balaban J connectivity index is 1.72. The minimum atomic E-state index is -3.50. The Morgan fingerprint density at radius 2 is 2.26 bits per heavy atom. The molecule has 0 spiro atoms. The van der Waals surface area contributed by atoms with E-state index in [4.69, 9.17) is 16.3 Å². The van der Waals surface area contributed by atoms with Crippen LogP contribution in [0.1, 0.15) is 25.0 Å². The first kappa shape index (κ1) is 15.2. The van der Waals surface area contributed by atoms with Gasteiger partial charge in [0.2, 0.25) is 0 Å². The highest BCUT2D eigenvalue weighted by Crippen LogP contribution is 2.28. The van der Waals surface area contributed by atoms with Crippen LogP contribution in [-0.4, -0.2) is 33.2 Å². The molecule has 1 N–H and O–H groups in total. The summed E-state index contributed by atoms with van der Waals surface area (Å²) < 4.78 is 32.4. The molecule has 1 saturated carbocycles. The van der Waals surface area contributed by atoms with Crippen LogP contribution in [0.15, 0.2) is 4.21 Å². The third-order valence-electron chi connectivity index (χ3n) is 2.78. The van der Waals surface area contributed by atoms with E-state index in [-0.39, 0.29) is 8.68 Å². The molecule has 19 heavy (non-hydrogen) atoms. The van der Waals surface area contributed by atoms with Crippen LogP contribution in [0.4, 0.5) is 0 Å². The van der Waals surface area contributed by atoms with Gasteiger partial charge < -0.3 is 4.74 Å². The van der Waals surface area contributed by atoms with Crippen molar-refractivity contribution < 1.29 is 13.2 Å². The Morgan fingerprint density at radius 1 is 1.53 bits per heavy atom. The maximum Gasteiger partial charge on any atom is 0.251 e. The van der Waals surface area contributed by atoms with E-state index in [1.165, 1.54) is 12.8 Å². The summed E-state index contributed by atoms with van der Waals surface area (Å²) in [6.45, 7) is 3.38. The molecule has 2 rings (SSSR count). The fourth-order valence-corrected chi connectivity index (χ4v) is 4.44. The molecule has 108 valence electrons. The Bertz CT molecular complexity index is 526. The normalized spacial score (nSPS) is 15.9. The van der Waals surface area contributed by atoms with Crippen LogP contribution in [0.2, 0.25) is 4.47 Å². The highest BCUT2D eigenvalue weighted by atomic mass is 35.5. The molecule has 8 heteroatoms. The van der Waals surface area contributed by atoms with Gasteiger partial charge in [0.05, 0.1) is 5.69 Å². The van der Waals surface area contributed by atoms with Gasteiger partial charge in [-0.15, -0.1) is 0 Å². The van der Waals surface area contributed by atoms with Crippen molar-refractivity contribution in [2.24, 2.45) is 5.92 Å². The first-order valence-electron chi connectivity index (χ1n) is 6.19. The van der Waals surface area contributed by atoms with Crippen molar-refractivity contribution in [1.29, 1.82) is 0 Å². The summed E-state index contributed by atoms with van der Waals surface area (Å²) in [5, 5.41) is 0. The lowest BCUT2D eigenvalue weighted by Crippen LogP contribution is -2.25. The number of halogens is 1. The van der Waals surface area contributed by atoms with Crippen LogP contribution >= 0.6 is 22.9 Å². The molecule has 1 aliphatic rings. The zero-order valence-corrected chi connectivity index (χ0v) is 13.1. The zero-order valence-electron chi connectivity index (χ0n) is 10.7. The fourth-order valence-electron chi connectivity index (χ4n) is 1.58. The average Bonchev–Trinajstić information content (AvgIpc) is 3.08. The van der Waals surface area contributed by atoms with Gasteiger partial charge in [0.25, 0.3) is 10.0 Å². The monoisotopic (exact) mass is 324 g/mol.